The van der Waals surface area contributed by atoms with Crippen molar-refractivity contribution in [1.82, 2.24) is 0 Å². The molecule has 0 aromatic carbocycles. The molecule has 0 rings (SSSR count). The lowest BCUT2D eigenvalue weighted by Crippen LogP contribution is -2.04. The molecule has 0 amide bonds. The minimum atomic E-state index is 0.421. The van der Waals surface area contributed by atoms with E-state index in [-0.39, 0.29) is 0 Å². The normalized spacial score (nSPS) is 11.1. The number of hydrogen-bond acceptors (Lipinski definition) is 3. The Hall–Kier alpha value is -0.100. The average Bonchev–Trinajstić information content (AvgIpc) is 1.65. The second-order valence-electron chi connectivity index (χ2n) is 1.12. The van der Waals surface area contributed by atoms with Crippen LogP contribution in [0.25, 0.3) is 0 Å². The molecule has 0 fully saturated rings. The summed E-state index contributed by atoms with van der Waals surface area (Å²) in [5.41, 5.74) is 0. The van der Waals surface area contributed by atoms with Gasteiger partial charge in [-0.25, -0.2) is 4.99 Å². The van der Waals surface area contributed by atoms with Crippen LogP contribution in [0.2, 0.25) is 0 Å². The summed E-state index contributed by atoms with van der Waals surface area (Å²) in [5, 5.41) is 0. The molecule has 0 aliphatic carbocycles. The monoisotopic (exact) mass is 226 g/mol. The minimum Gasteiger partial charge on any atom is -0.396 e. The largest absolute Gasteiger partial charge is 0.396 e. The minimum absolute atomic E-state index is 0.421. The number of halogens is 1. The summed E-state index contributed by atoms with van der Waals surface area (Å²) in [6.45, 7) is 5.16. The van der Waals surface area contributed by atoms with Crippen LogP contribution in [0.15, 0.2) is 15.3 Å². The average molecular weight is 226 g/mol. The number of hydrogen-bond donors (Lipinski definition) is 1. The highest BCUT2D eigenvalue weighted by Crippen LogP contribution is 2.02. The second-order valence-corrected chi connectivity index (χ2v) is 2.37. The highest BCUT2D eigenvalue weighted by Gasteiger charge is 1.84. The maximum Gasteiger partial charge on any atom is 0.211 e. The van der Waals surface area contributed by atoms with E-state index in [1.807, 2.05) is 22.6 Å². The molecule has 0 aromatic rings. The smallest absolute Gasteiger partial charge is 0.211 e. The Morgan fingerprint density at radius 3 is 2.50 bits per heavy atom. The molecule has 0 saturated carbocycles. The van der Waals surface area contributed by atoms with Crippen molar-refractivity contribution in [2.45, 2.75) is 6.92 Å². The first kappa shape index (κ1) is 7.90. The van der Waals surface area contributed by atoms with Crippen LogP contribution in [0.4, 0.5) is 0 Å². The second kappa shape index (κ2) is 3.85. The highest BCUT2D eigenvalue weighted by molar-refractivity contribution is 14.1. The Balaban J connectivity index is 3.75. The first-order chi connectivity index (χ1) is 3.66. The van der Waals surface area contributed by atoms with Gasteiger partial charge in [0.2, 0.25) is 5.90 Å². The molecule has 0 radical (unpaired) electrons. The Morgan fingerprint density at radius 2 is 2.38 bits per heavy atom. The summed E-state index contributed by atoms with van der Waals surface area (Å²) in [6, 6.07) is 0. The van der Waals surface area contributed by atoms with Crippen LogP contribution >= 0.6 is 22.6 Å². The quantitative estimate of drug-likeness (QED) is 0.240. The van der Waals surface area contributed by atoms with E-state index in [4.69, 9.17) is 5.90 Å². The fraction of sp³-hybridized carbons (Fsp3) is 0.250. The molecular formula is C4H7IN2O. The van der Waals surface area contributed by atoms with Crippen molar-refractivity contribution in [3.63, 3.8) is 0 Å². The zero-order chi connectivity index (χ0) is 6.57. The molecule has 0 atom stereocenters. The Bertz CT molecular complexity index is 121. The number of rotatable bonds is 1. The zero-order valence-electron chi connectivity index (χ0n) is 4.52. The molecular weight excluding hydrogens is 219 g/mol. The van der Waals surface area contributed by atoms with Gasteiger partial charge in [0, 0.05) is 6.92 Å². The van der Waals surface area contributed by atoms with Crippen LogP contribution in [-0.2, 0) is 4.84 Å². The Morgan fingerprint density at radius 1 is 1.88 bits per heavy atom. The van der Waals surface area contributed by atoms with E-state index < -0.39 is 0 Å². The third kappa shape index (κ3) is 4.07. The molecule has 8 heavy (non-hydrogen) atoms. The van der Waals surface area contributed by atoms with Gasteiger partial charge in [0.25, 0.3) is 0 Å². The van der Waals surface area contributed by atoms with Gasteiger partial charge < -0.3 is 4.84 Å². The summed E-state index contributed by atoms with van der Waals surface area (Å²) >= 11 is 1.96. The van der Waals surface area contributed by atoms with Crippen molar-refractivity contribution in [2.75, 3.05) is 0 Å². The van der Waals surface area contributed by atoms with Gasteiger partial charge in [-0.15, -0.1) is 0 Å². The van der Waals surface area contributed by atoms with Crippen LogP contribution < -0.4 is 5.90 Å². The van der Waals surface area contributed by atoms with Gasteiger partial charge in [-0.1, -0.05) is 6.58 Å². The molecule has 0 aliphatic rings. The standard InChI is InChI=1S/C4H7IN2O/c1-3(5)7-4(2)8-6/h1,6H2,2H3. The predicted octanol–water partition coefficient (Wildman–Crippen LogP) is 1.20. The van der Waals surface area contributed by atoms with E-state index in [0.29, 0.717) is 9.60 Å². The molecule has 0 unspecified atom stereocenters. The lowest BCUT2D eigenvalue weighted by Gasteiger charge is -1.92. The van der Waals surface area contributed by atoms with Crippen LogP contribution in [0.1, 0.15) is 6.92 Å². The maximum absolute atomic E-state index is 4.75. The van der Waals surface area contributed by atoms with Crippen LogP contribution in [0.5, 0.6) is 0 Å². The van der Waals surface area contributed by atoms with Gasteiger partial charge in [-0.05, 0) is 22.6 Å². The molecule has 0 spiro atoms. The summed E-state index contributed by atoms with van der Waals surface area (Å²) in [4.78, 5) is 8.00. The van der Waals surface area contributed by atoms with Crippen LogP contribution in [0.3, 0.4) is 0 Å². The maximum atomic E-state index is 4.75. The molecule has 46 valence electrons. The lowest BCUT2D eigenvalue weighted by molar-refractivity contribution is 0.318. The van der Waals surface area contributed by atoms with Gasteiger partial charge >= 0.3 is 0 Å². The SMILES string of the molecule is C=C(I)N=C(C)ON. The third-order valence-corrected chi connectivity index (χ3v) is 0.691. The van der Waals surface area contributed by atoms with Crippen molar-refractivity contribution in [2.24, 2.45) is 10.9 Å². The summed E-state index contributed by atoms with van der Waals surface area (Å²) in [6.07, 6.45) is 0. The summed E-state index contributed by atoms with van der Waals surface area (Å²) < 4.78 is 0.658. The van der Waals surface area contributed by atoms with Crippen molar-refractivity contribution in [3.8, 4) is 0 Å². The molecule has 2 N–H and O–H groups in total. The molecule has 3 nitrogen and oxygen atoms in total. The van der Waals surface area contributed by atoms with Gasteiger partial charge in [0.15, 0.2) is 0 Å². The highest BCUT2D eigenvalue weighted by atomic mass is 127. The van der Waals surface area contributed by atoms with E-state index in [0.717, 1.165) is 0 Å². The fourth-order valence-electron chi connectivity index (χ4n) is 0.197. The van der Waals surface area contributed by atoms with Crippen molar-refractivity contribution < 1.29 is 4.84 Å². The van der Waals surface area contributed by atoms with E-state index in [1.165, 1.54) is 0 Å². The number of nitrogens with zero attached hydrogens (tertiary/aromatic N) is 1. The first-order valence-electron chi connectivity index (χ1n) is 1.93. The van der Waals surface area contributed by atoms with Gasteiger partial charge in [0.05, 0.1) is 3.70 Å². The van der Waals surface area contributed by atoms with Crippen molar-refractivity contribution in [3.05, 3.63) is 10.3 Å². The summed E-state index contributed by atoms with van der Waals surface area (Å²) in [7, 11) is 0. The number of nitrogens with two attached hydrogens (primary N) is 1. The molecule has 0 heterocycles. The van der Waals surface area contributed by atoms with Crippen molar-refractivity contribution in [1.29, 1.82) is 0 Å². The van der Waals surface area contributed by atoms with Crippen molar-refractivity contribution >= 4 is 28.5 Å². The zero-order valence-corrected chi connectivity index (χ0v) is 6.68. The lowest BCUT2D eigenvalue weighted by atomic mass is 10.8. The van der Waals surface area contributed by atoms with E-state index in [2.05, 4.69) is 16.4 Å². The molecule has 0 aromatic heterocycles. The number of aliphatic imine (C=N–C) groups is 1. The molecule has 0 bridgehead atoms. The van der Waals surface area contributed by atoms with E-state index in [1.54, 1.807) is 6.92 Å². The predicted molar refractivity (Wildman–Crippen MR) is 41.5 cm³/mol. The molecule has 4 heteroatoms. The van der Waals surface area contributed by atoms with Gasteiger partial charge in [0.1, 0.15) is 0 Å². The Kier molecular flexibility index (Phi) is 3.80. The van der Waals surface area contributed by atoms with Gasteiger partial charge in [-0.3, -0.25) is 0 Å². The Labute approximate surface area is 61.7 Å². The fourth-order valence-corrected chi connectivity index (χ4v) is 0.537. The van der Waals surface area contributed by atoms with E-state index >= 15 is 0 Å². The van der Waals surface area contributed by atoms with Gasteiger partial charge in [-0.2, -0.15) is 5.90 Å². The molecule has 0 saturated heterocycles. The third-order valence-electron chi connectivity index (χ3n) is 0.449. The first-order valence-corrected chi connectivity index (χ1v) is 3.01. The van der Waals surface area contributed by atoms with Crippen LogP contribution in [-0.4, -0.2) is 5.90 Å². The van der Waals surface area contributed by atoms with E-state index in [9.17, 15) is 0 Å². The molecule has 0 aliphatic heterocycles. The summed E-state index contributed by atoms with van der Waals surface area (Å²) in [5.74, 6) is 5.17. The van der Waals surface area contributed by atoms with Crippen LogP contribution in [0, 0.1) is 0 Å². The topological polar surface area (TPSA) is 47.6 Å².